The summed E-state index contributed by atoms with van der Waals surface area (Å²) in [6.45, 7) is 1.94. The fourth-order valence-electron chi connectivity index (χ4n) is 2.92. The average Bonchev–Trinajstić information content (AvgIpc) is 2.68. The number of hydrogen-bond donors (Lipinski definition) is 2. The molecule has 0 saturated carbocycles. The van der Waals surface area contributed by atoms with Gasteiger partial charge in [-0.3, -0.25) is 0 Å². The molecule has 1 aliphatic heterocycles. The summed E-state index contributed by atoms with van der Waals surface area (Å²) in [6, 6.07) is 12.9. The second-order valence-corrected chi connectivity index (χ2v) is 6.20. The quantitative estimate of drug-likeness (QED) is 0.768. The Labute approximate surface area is 162 Å². The van der Waals surface area contributed by atoms with E-state index in [1.165, 1.54) is 0 Å². The highest BCUT2D eigenvalue weighted by atomic mass is 35.5. The lowest BCUT2D eigenvalue weighted by Gasteiger charge is -2.30. The van der Waals surface area contributed by atoms with Gasteiger partial charge in [-0.15, -0.1) is 0 Å². The molecule has 1 atom stereocenters. The molecule has 0 spiro atoms. The van der Waals surface area contributed by atoms with Gasteiger partial charge in [-0.2, -0.15) is 0 Å². The van der Waals surface area contributed by atoms with Crippen molar-refractivity contribution in [3.63, 3.8) is 0 Å². The van der Waals surface area contributed by atoms with Gasteiger partial charge in [0.25, 0.3) is 0 Å². The summed E-state index contributed by atoms with van der Waals surface area (Å²) in [5, 5.41) is 5.94. The van der Waals surface area contributed by atoms with Gasteiger partial charge in [0.05, 0.1) is 31.0 Å². The maximum atomic E-state index is 12.8. The van der Waals surface area contributed by atoms with Crippen LogP contribution in [0.5, 0.6) is 5.75 Å². The summed E-state index contributed by atoms with van der Waals surface area (Å²) in [5.41, 5.74) is 1.94. The fourth-order valence-corrected chi connectivity index (χ4v) is 3.17. The fraction of sp³-hybridized carbons (Fsp3) is 0.200. The standard InChI is InChI=1S/C20H19ClN2O4/c1-3-27-19(24)16-17(12-8-10-13(26-2)11-9-12)22-20(25)23-18(16)14-6-4-5-7-15(14)21/h4-11,18H,3H2,1-2H3,(H2,22,23,25). The minimum Gasteiger partial charge on any atom is -0.497 e. The number of benzene rings is 2. The van der Waals surface area contributed by atoms with E-state index in [1.54, 1.807) is 62.6 Å². The molecule has 2 N–H and O–H groups in total. The lowest BCUT2D eigenvalue weighted by Crippen LogP contribution is -2.45. The summed E-state index contributed by atoms with van der Waals surface area (Å²) in [7, 11) is 1.57. The third-order valence-corrected chi connectivity index (χ3v) is 4.51. The second kappa shape index (κ2) is 8.14. The first-order valence-electron chi connectivity index (χ1n) is 8.42. The topological polar surface area (TPSA) is 76.7 Å². The Morgan fingerprint density at radius 1 is 1.15 bits per heavy atom. The third kappa shape index (κ3) is 3.90. The van der Waals surface area contributed by atoms with Crippen LogP contribution in [0.25, 0.3) is 5.70 Å². The molecule has 2 aromatic carbocycles. The maximum absolute atomic E-state index is 12.8. The number of amides is 2. The molecule has 2 aromatic rings. The van der Waals surface area contributed by atoms with Crippen LogP contribution in [0.4, 0.5) is 4.79 Å². The largest absolute Gasteiger partial charge is 0.497 e. The van der Waals surface area contributed by atoms with Crippen molar-refractivity contribution in [3.8, 4) is 5.75 Å². The Morgan fingerprint density at radius 2 is 1.85 bits per heavy atom. The van der Waals surface area contributed by atoms with Crippen molar-refractivity contribution in [2.75, 3.05) is 13.7 Å². The molecule has 1 aliphatic rings. The molecule has 0 radical (unpaired) electrons. The number of carbonyl (C=O) groups is 2. The van der Waals surface area contributed by atoms with E-state index in [4.69, 9.17) is 21.1 Å². The molecular formula is C20H19ClN2O4. The van der Waals surface area contributed by atoms with Gasteiger partial charge in [0, 0.05) is 5.02 Å². The number of ether oxygens (including phenoxy) is 2. The van der Waals surface area contributed by atoms with E-state index in [0.29, 0.717) is 27.6 Å². The van der Waals surface area contributed by atoms with Gasteiger partial charge in [-0.25, -0.2) is 9.59 Å². The van der Waals surface area contributed by atoms with E-state index in [0.717, 1.165) is 0 Å². The van der Waals surface area contributed by atoms with Crippen molar-refractivity contribution < 1.29 is 19.1 Å². The Hall–Kier alpha value is -2.99. The van der Waals surface area contributed by atoms with Gasteiger partial charge in [-0.1, -0.05) is 29.8 Å². The molecule has 0 saturated heterocycles. The molecule has 7 heteroatoms. The summed E-state index contributed by atoms with van der Waals surface area (Å²) in [5.74, 6) is 0.140. The van der Waals surface area contributed by atoms with Crippen molar-refractivity contribution in [3.05, 3.63) is 70.3 Å². The van der Waals surface area contributed by atoms with Crippen molar-refractivity contribution in [2.24, 2.45) is 0 Å². The first kappa shape index (κ1) is 18.8. The van der Waals surface area contributed by atoms with E-state index in [1.807, 2.05) is 0 Å². The molecule has 0 aliphatic carbocycles. The normalized spacial score (nSPS) is 16.4. The number of nitrogens with one attached hydrogen (secondary N) is 2. The van der Waals surface area contributed by atoms with Crippen LogP contribution in [0.15, 0.2) is 54.1 Å². The lowest BCUT2D eigenvalue weighted by atomic mass is 9.92. The van der Waals surface area contributed by atoms with Crippen LogP contribution >= 0.6 is 11.6 Å². The van der Waals surface area contributed by atoms with Crippen molar-refractivity contribution in [1.82, 2.24) is 10.6 Å². The van der Waals surface area contributed by atoms with Gasteiger partial charge in [0.2, 0.25) is 0 Å². The van der Waals surface area contributed by atoms with Gasteiger partial charge in [-0.05, 0) is 48.4 Å². The average molecular weight is 387 g/mol. The summed E-state index contributed by atoms with van der Waals surface area (Å²) < 4.78 is 10.4. The Kier molecular flexibility index (Phi) is 5.66. The minimum absolute atomic E-state index is 0.210. The zero-order valence-electron chi connectivity index (χ0n) is 14.9. The zero-order chi connectivity index (χ0) is 19.4. The molecule has 2 amide bonds. The molecule has 27 heavy (non-hydrogen) atoms. The van der Waals surface area contributed by atoms with Crippen LogP contribution in [0.2, 0.25) is 5.02 Å². The highest BCUT2D eigenvalue weighted by molar-refractivity contribution is 6.31. The first-order chi connectivity index (χ1) is 13.0. The number of urea groups is 1. The maximum Gasteiger partial charge on any atom is 0.338 e. The summed E-state index contributed by atoms with van der Waals surface area (Å²) in [4.78, 5) is 25.1. The molecule has 140 valence electrons. The number of halogens is 1. The Balaban J connectivity index is 2.18. The predicted molar refractivity (Wildman–Crippen MR) is 102 cm³/mol. The molecule has 0 fully saturated rings. The van der Waals surface area contributed by atoms with Crippen LogP contribution in [0.3, 0.4) is 0 Å². The van der Waals surface area contributed by atoms with Crippen molar-refractivity contribution >= 4 is 29.3 Å². The van der Waals surface area contributed by atoms with Crippen molar-refractivity contribution in [1.29, 1.82) is 0 Å². The number of rotatable bonds is 5. The molecule has 6 nitrogen and oxygen atoms in total. The van der Waals surface area contributed by atoms with E-state index in [-0.39, 0.29) is 12.2 Å². The molecule has 1 unspecified atom stereocenters. The monoisotopic (exact) mass is 386 g/mol. The van der Waals surface area contributed by atoms with E-state index in [9.17, 15) is 9.59 Å². The van der Waals surface area contributed by atoms with Crippen LogP contribution < -0.4 is 15.4 Å². The van der Waals surface area contributed by atoms with E-state index in [2.05, 4.69) is 10.6 Å². The number of hydrogen-bond acceptors (Lipinski definition) is 4. The third-order valence-electron chi connectivity index (χ3n) is 4.16. The molecule has 3 rings (SSSR count). The first-order valence-corrected chi connectivity index (χ1v) is 8.80. The molecule has 0 aromatic heterocycles. The number of esters is 1. The molecular weight excluding hydrogens is 368 g/mol. The summed E-state index contributed by atoms with van der Waals surface area (Å²) >= 11 is 6.32. The second-order valence-electron chi connectivity index (χ2n) is 5.79. The highest BCUT2D eigenvalue weighted by Gasteiger charge is 2.35. The van der Waals surface area contributed by atoms with Crippen molar-refractivity contribution in [2.45, 2.75) is 13.0 Å². The van der Waals surface area contributed by atoms with E-state index >= 15 is 0 Å². The predicted octanol–water partition coefficient (Wildman–Crippen LogP) is 3.68. The highest BCUT2D eigenvalue weighted by Crippen LogP contribution is 2.35. The van der Waals surface area contributed by atoms with E-state index < -0.39 is 18.0 Å². The number of methoxy groups -OCH3 is 1. The molecule has 0 bridgehead atoms. The van der Waals surface area contributed by atoms with Gasteiger partial charge < -0.3 is 20.1 Å². The Bertz CT molecular complexity index is 893. The SMILES string of the molecule is CCOC(=O)C1=C(c2ccc(OC)cc2)NC(=O)NC1c1ccccc1Cl. The van der Waals surface area contributed by atoms with Crippen LogP contribution in [-0.4, -0.2) is 25.7 Å². The van der Waals surface area contributed by atoms with Crippen LogP contribution in [0.1, 0.15) is 24.1 Å². The zero-order valence-corrected chi connectivity index (χ0v) is 15.7. The Morgan fingerprint density at radius 3 is 2.48 bits per heavy atom. The minimum atomic E-state index is -0.733. The van der Waals surface area contributed by atoms with Gasteiger partial charge in [0.15, 0.2) is 0 Å². The smallest absolute Gasteiger partial charge is 0.338 e. The number of carbonyl (C=O) groups excluding carboxylic acids is 2. The molecule has 1 heterocycles. The summed E-state index contributed by atoms with van der Waals surface area (Å²) in [6.07, 6.45) is 0. The van der Waals surface area contributed by atoms with Gasteiger partial charge >= 0.3 is 12.0 Å². The lowest BCUT2D eigenvalue weighted by molar-refractivity contribution is -0.138. The van der Waals surface area contributed by atoms with Crippen LogP contribution in [-0.2, 0) is 9.53 Å². The van der Waals surface area contributed by atoms with Gasteiger partial charge in [0.1, 0.15) is 5.75 Å². The van der Waals surface area contributed by atoms with Crippen LogP contribution in [0, 0.1) is 0 Å².